The third kappa shape index (κ3) is 8.87. The number of methoxy groups -OCH3 is 3. The molecule has 0 bridgehead atoms. The first-order valence-corrected chi connectivity index (χ1v) is 15.3. The number of rotatable bonds is 14. The number of ether oxygens (including phenoxy) is 8. The topological polar surface area (TPSA) is 270 Å². The highest BCUT2D eigenvalue weighted by molar-refractivity contribution is 5.88. The van der Waals surface area contributed by atoms with Gasteiger partial charge in [-0.25, -0.2) is 9.59 Å². The van der Waals surface area contributed by atoms with E-state index in [1.807, 2.05) is 0 Å². The van der Waals surface area contributed by atoms with Crippen molar-refractivity contribution in [3.8, 4) is 28.7 Å². The Morgan fingerprint density at radius 1 is 0.804 bits per heavy atom. The first-order valence-electron chi connectivity index (χ1n) is 15.3. The number of esters is 2. The summed E-state index contributed by atoms with van der Waals surface area (Å²) >= 11 is 0. The van der Waals surface area contributed by atoms with Crippen LogP contribution in [0.4, 0.5) is 0 Å². The minimum absolute atomic E-state index is 0.0827. The number of aromatic hydroxyl groups is 2. The Morgan fingerprint density at radius 2 is 1.41 bits per heavy atom. The summed E-state index contributed by atoms with van der Waals surface area (Å²) in [5.74, 6) is -4.53. The van der Waals surface area contributed by atoms with Crippen molar-refractivity contribution < 1.29 is 88.3 Å². The third-order valence-electron chi connectivity index (χ3n) is 8.04. The molecule has 18 heteroatoms. The fraction of sp³-hybridized carbons (Fsp3) is 0.455. The molecule has 9 atom stereocenters. The van der Waals surface area contributed by atoms with Gasteiger partial charge in [0.05, 0.1) is 27.9 Å². The van der Waals surface area contributed by atoms with Gasteiger partial charge in [0, 0.05) is 12.2 Å². The molecule has 0 saturated carbocycles. The van der Waals surface area contributed by atoms with Gasteiger partial charge in [-0.3, -0.25) is 0 Å². The first-order chi connectivity index (χ1) is 24.3. The molecule has 0 amide bonds. The van der Waals surface area contributed by atoms with E-state index in [0.717, 1.165) is 12.2 Å². The molecule has 0 unspecified atom stereocenters. The molecule has 2 aromatic carbocycles. The van der Waals surface area contributed by atoms with Crippen LogP contribution in [-0.2, 0) is 33.3 Å². The first kappa shape index (κ1) is 39.3. The molecule has 2 aromatic rings. The fourth-order valence-electron chi connectivity index (χ4n) is 5.27. The Bertz CT molecular complexity index is 1550. The highest BCUT2D eigenvalue weighted by Crippen LogP contribution is 2.38. The number of aliphatic hydroxyl groups excluding tert-OH is 6. The van der Waals surface area contributed by atoms with Crippen molar-refractivity contribution in [3.63, 3.8) is 0 Å². The van der Waals surface area contributed by atoms with Crippen molar-refractivity contribution in [2.24, 2.45) is 0 Å². The summed E-state index contributed by atoms with van der Waals surface area (Å²) in [7, 11) is 3.99. The van der Waals surface area contributed by atoms with E-state index in [2.05, 4.69) is 0 Å². The molecule has 0 aliphatic carbocycles. The van der Waals surface area contributed by atoms with Crippen LogP contribution >= 0.6 is 0 Å². The van der Waals surface area contributed by atoms with Gasteiger partial charge in [0.15, 0.2) is 35.4 Å². The van der Waals surface area contributed by atoms with Crippen LogP contribution < -0.4 is 14.2 Å². The average Bonchev–Trinajstić information content (AvgIpc) is 3.37. The van der Waals surface area contributed by atoms with Crippen molar-refractivity contribution in [2.45, 2.75) is 54.8 Å². The summed E-state index contributed by atoms with van der Waals surface area (Å²) in [6.45, 7) is -2.64. The molecule has 4 rings (SSSR count). The lowest BCUT2D eigenvalue weighted by Gasteiger charge is -2.44. The molecule has 2 aliphatic heterocycles. The minimum Gasteiger partial charge on any atom is -0.504 e. The smallest absolute Gasteiger partial charge is 0.331 e. The zero-order chi connectivity index (χ0) is 37.5. The van der Waals surface area contributed by atoms with Gasteiger partial charge in [0.2, 0.25) is 11.5 Å². The van der Waals surface area contributed by atoms with Crippen molar-refractivity contribution in [2.75, 3.05) is 41.2 Å². The Hall–Kier alpha value is -4.50. The van der Waals surface area contributed by atoms with E-state index in [-0.39, 0.29) is 28.7 Å². The van der Waals surface area contributed by atoms with Gasteiger partial charge in [-0.05, 0) is 47.5 Å². The molecule has 2 saturated heterocycles. The minimum atomic E-state index is -2.49. The van der Waals surface area contributed by atoms with Crippen molar-refractivity contribution >= 4 is 24.1 Å². The van der Waals surface area contributed by atoms with Crippen LogP contribution in [0, 0.1) is 0 Å². The second kappa shape index (κ2) is 17.1. The predicted octanol–water partition coefficient (Wildman–Crippen LogP) is -1.43. The number of phenolic OH excluding ortho intramolecular Hbond substituents is 2. The highest BCUT2D eigenvalue weighted by atomic mass is 16.8. The lowest BCUT2D eigenvalue weighted by atomic mass is 9.98. The van der Waals surface area contributed by atoms with Crippen molar-refractivity contribution in [1.82, 2.24) is 0 Å². The second-order valence-corrected chi connectivity index (χ2v) is 11.3. The maximum Gasteiger partial charge on any atom is 0.331 e. The molecule has 0 aromatic heterocycles. The zero-order valence-electron chi connectivity index (χ0n) is 27.6. The fourth-order valence-corrected chi connectivity index (χ4v) is 5.27. The van der Waals surface area contributed by atoms with E-state index < -0.39 is 86.6 Å². The van der Waals surface area contributed by atoms with Crippen molar-refractivity contribution in [1.29, 1.82) is 0 Å². The molecule has 51 heavy (non-hydrogen) atoms. The predicted molar refractivity (Wildman–Crippen MR) is 170 cm³/mol. The van der Waals surface area contributed by atoms with E-state index in [9.17, 15) is 50.4 Å². The van der Waals surface area contributed by atoms with Gasteiger partial charge >= 0.3 is 11.9 Å². The Morgan fingerprint density at radius 3 is 2.02 bits per heavy atom. The van der Waals surface area contributed by atoms with Gasteiger partial charge in [-0.2, -0.15) is 0 Å². The average molecular weight is 725 g/mol. The normalized spacial score (nSPS) is 29.3. The molecular formula is C33H40O18. The van der Waals surface area contributed by atoms with E-state index >= 15 is 0 Å². The molecule has 2 heterocycles. The zero-order valence-corrected chi connectivity index (χ0v) is 27.6. The number of hydrogen-bond acceptors (Lipinski definition) is 18. The van der Waals surface area contributed by atoms with Gasteiger partial charge in [0.1, 0.15) is 49.8 Å². The maximum atomic E-state index is 12.7. The number of benzene rings is 2. The third-order valence-corrected chi connectivity index (χ3v) is 8.04. The summed E-state index contributed by atoms with van der Waals surface area (Å²) in [4.78, 5) is 25.1. The van der Waals surface area contributed by atoms with Gasteiger partial charge in [-0.1, -0.05) is 6.07 Å². The van der Waals surface area contributed by atoms with Crippen LogP contribution in [0.2, 0.25) is 0 Å². The summed E-state index contributed by atoms with van der Waals surface area (Å²) in [5.41, 5.74) is 0.823. The largest absolute Gasteiger partial charge is 0.504 e. The lowest BCUT2D eigenvalue weighted by Crippen LogP contribution is -2.63. The molecule has 280 valence electrons. The van der Waals surface area contributed by atoms with Crippen LogP contribution in [0.15, 0.2) is 42.5 Å². The number of phenols is 2. The summed E-state index contributed by atoms with van der Waals surface area (Å²) in [6, 6.07) is 7.08. The molecule has 2 fully saturated rings. The Balaban J connectivity index is 1.42. The van der Waals surface area contributed by atoms with Crippen LogP contribution in [0.25, 0.3) is 12.2 Å². The van der Waals surface area contributed by atoms with Gasteiger partial charge in [-0.15, -0.1) is 0 Å². The number of carbonyl (C=O) groups excluding carboxylic acids is 2. The van der Waals surface area contributed by atoms with Gasteiger partial charge < -0.3 is 78.7 Å². The Labute approximate surface area is 290 Å². The summed E-state index contributed by atoms with van der Waals surface area (Å²) < 4.78 is 42.2. The Kier molecular flexibility index (Phi) is 13.2. The van der Waals surface area contributed by atoms with E-state index in [1.54, 1.807) is 0 Å². The highest BCUT2D eigenvalue weighted by Gasteiger charge is 2.59. The molecule has 18 nitrogen and oxygen atoms in total. The van der Waals surface area contributed by atoms with E-state index in [1.165, 1.54) is 63.8 Å². The number of aliphatic hydroxyl groups is 6. The molecule has 8 N–H and O–H groups in total. The van der Waals surface area contributed by atoms with Crippen molar-refractivity contribution in [3.05, 3.63) is 53.6 Å². The standard InChI is InChI=1S/C33H40O18/c1-44-19-10-16(4-7-18(19)36)5-9-25(38)49-30-27(40)22(13-34)48-32(29(30)42)51-33(15-35)31(43)28(41)23(50-33)14-47-24(37)8-6-17-11-20(45-2)26(39)21(12-17)46-3/h4-12,22-23,27-32,34-36,39-43H,13-15H2,1-3H3/t22-,23-,27-,28-,29-,30+,31+,32-,33+/m1/s1. The van der Waals surface area contributed by atoms with E-state index in [0.29, 0.717) is 11.1 Å². The molecular weight excluding hydrogens is 684 g/mol. The van der Waals surface area contributed by atoms with Crippen LogP contribution in [0.3, 0.4) is 0 Å². The molecule has 0 spiro atoms. The van der Waals surface area contributed by atoms with E-state index in [4.69, 9.17) is 37.9 Å². The second-order valence-electron chi connectivity index (χ2n) is 11.3. The maximum absolute atomic E-state index is 12.7. The summed E-state index contributed by atoms with van der Waals surface area (Å²) in [6.07, 6.45) is -9.67. The quantitative estimate of drug-likeness (QED) is 0.0819. The summed E-state index contributed by atoms with van der Waals surface area (Å²) in [5, 5.41) is 83.1. The van der Waals surface area contributed by atoms with Crippen LogP contribution in [0.1, 0.15) is 11.1 Å². The monoisotopic (exact) mass is 724 g/mol. The van der Waals surface area contributed by atoms with Gasteiger partial charge in [0.25, 0.3) is 0 Å². The van der Waals surface area contributed by atoms with Crippen LogP contribution in [0.5, 0.6) is 28.7 Å². The lowest BCUT2D eigenvalue weighted by molar-refractivity contribution is -0.383. The van der Waals surface area contributed by atoms with Crippen LogP contribution in [-0.4, -0.2) is 149 Å². The number of carbonyl (C=O) groups is 2. The molecule has 2 aliphatic rings. The molecule has 0 radical (unpaired) electrons. The SMILES string of the molecule is COc1cc(C=CC(=O)O[C@@H]2[C@@H](O)[C@@H](O[C@]3(CO)O[C@H](COC(=O)C=Cc4cc(OC)c(O)c(OC)c4)[C@@H](O)[C@@H]3O)O[C@H](CO)[C@H]2O)ccc1O. The number of hydrogen-bond donors (Lipinski definition) is 8.